The third-order valence-corrected chi connectivity index (χ3v) is 1.68. The second-order valence-electron chi connectivity index (χ2n) is 2.51. The standard InChI is InChI=1S/C7H11NO2/c1-8-4-6(5-9)2-3-7(8)10/h4-5,7,10H,2-3H2,1H3/t7-/m0/s1. The van der Waals surface area contributed by atoms with Crippen LogP contribution in [0.5, 0.6) is 0 Å². The lowest BCUT2D eigenvalue weighted by atomic mass is 10.1. The fraction of sp³-hybridized carbons (Fsp3) is 0.571. The molecule has 0 radical (unpaired) electrons. The number of hydrogen-bond donors (Lipinski definition) is 1. The number of carbonyl (C=O) groups is 1. The van der Waals surface area contributed by atoms with E-state index in [1.54, 1.807) is 18.1 Å². The number of carbonyl (C=O) groups excluding carboxylic acids is 1. The minimum atomic E-state index is -0.413. The molecule has 0 spiro atoms. The third-order valence-electron chi connectivity index (χ3n) is 1.68. The Balaban J connectivity index is 2.65. The Kier molecular flexibility index (Phi) is 2.06. The van der Waals surface area contributed by atoms with Gasteiger partial charge in [-0.15, -0.1) is 0 Å². The summed E-state index contributed by atoms with van der Waals surface area (Å²) >= 11 is 0. The molecule has 1 rings (SSSR count). The molecule has 1 heterocycles. The van der Waals surface area contributed by atoms with Crippen LogP contribution in [-0.4, -0.2) is 29.6 Å². The van der Waals surface area contributed by atoms with Crippen LogP contribution in [0.1, 0.15) is 12.8 Å². The summed E-state index contributed by atoms with van der Waals surface area (Å²) in [4.78, 5) is 11.9. The van der Waals surface area contributed by atoms with Crippen molar-refractivity contribution in [2.75, 3.05) is 7.05 Å². The molecule has 0 saturated carbocycles. The predicted molar refractivity (Wildman–Crippen MR) is 37.2 cm³/mol. The van der Waals surface area contributed by atoms with Crippen molar-refractivity contribution in [3.8, 4) is 0 Å². The number of aliphatic hydroxyl groups excluding tert-OH is 1. The van der Waals surface area contributed by atoms with Crippen molar-refractivity contribution in [3.63, 3.8) is 0 Å². The van der Waals surface area contributed by atoms with E-state index in [2.05, 4.69) is 0 Å². The predicted octanol–water partition coefficient (Wildman–Crippen LogP) is 0.113. The molecule has 0 aromatic rings. The van der Waals surface area contributed by atoms with E-state index in [-0.39, 0.29) is 0 Å². The average Bonchev–Trinajstić information content (AvgIpc) is 1.95. The lowest BCUT2D eigenvalue weighted by Gasteiger charge is -2.26. The third kappa shape index (κ3) is 1.36. The maximum Gasteiger partial charge on any atom is 0.147 e. The topological polar surface area (TPSA) is 40.5 Å². The van der Waals surface area contributed by atoms with Gasteiger partial charge in [0.2, 0.25) is 0 Å². The van der Waals surface area contributed by atoms with Gasteiger partial charge in [0.05, 0.1) is 0 Å². The highest BCUT2D eigenvalue weighted by molar-refractivity contribution is 5.73. The van der Waals surface area contributed by atoms with E-state index in [0.717, 1.165) is 11.9 Å². The summed E-state index contributed by atoms with van der Waals surface area (Å²) < 4.78 is 0. The first-order valence-electron chi connectivity index (χ1n) is 3.30. The van der Waals surface area contributed by atoms with Crippen LogP contribution in [-0.2, 0) is 4.79 Å². The van der Waals surface area contributed by atoms with Gasteiger partial charge in [0.1, 0.15) is 12.5 Å². The van der Waals surface area contributed by atoms with Crippen LogP contribution in [0.25, 0.3) is 0 Å². The number of rotatable bonds is 1. The maximum absolute atomic E-state index is 10.2. The van der Waals surface area contributed by atoms with Crippen molar-refractivity contribution in [2.24, 2.45) is 0 Å². The van der Waals surface area contributed by atoms with E-state index >= 15 is 0 Å². The van der Waals surface area contributed by atoms with Crippen molar-refractivity contribution in [1.29, 1.82) is 0 Å². The van der Waals surface area contributed by atoms with E-state index in [1.165, 1.54) is 0 Å². The van der Waals surface area contributed by atoms with Gasteiger partial charge in [-0.2, -0.15) is 0 Å². The van der Waals surface area contributed by atoms with Gasteiger partial charge < -0.3 is 10.0 Å². The van der Waals surface area contributed by atoms with Gasteiger partial charge in [0, 0.05) is 18.8 Å². The van der Waals surface area contributed by atoms with E-state index in [0.29, 0.717) is 12.8 Å². The first-order valence-corrected chi connectivity index (χ1v) is 3.30. The molecule has 0 aliphatic carbocycles. The second-order valence-corrected chi connectivity index (χ2v) is 2.51. The Hall–Kier alpha value is -0.830. The zero-order valence-electron chi connectivity index (χ0n) is 5.95. The fourth-order valence-electron chi connectivity index (χ4n) is 1.00. The molecule has 1 aliphatic heterocycles. The summed E-state index contributed by atoms with van der Waals surface area (Å²) in [5, 5.41) is 9.16. The molecule has 1 atom stereocenters. The summed E-state index contributed by atoms with van der Waals surface area (Å²) in [6.07, 6.45) is 3.45. The zero-order chi connectivity index (χ0) is 7.56. The van der Waals surface area contributed by atoms with Crippen molar-refractivity contribution in [3.05, 3.63) is 11.8 Å². The molecule has 1 N–H and O–H groups in total. The Morgan fingerprint density at radius 1 is 1.90 bits per heavy atom. The summed E-state index contributed by atoms with van der Waals surface area (Å²) in [6, 6.07) is 0. The van der Waals surface area contributed by atoms with Gasteiger partial charge in [-0.25, -0.2) is 0 Å². The first-order chi connectivity index (χ1) is 4.74. The quantitative estimate of drug-likeness (QED) is 0.527. The monoisotopic (exact) mass is 141 g/mol. The Morgan fingerprint density at radius 2 is 2.60 bits per heavy atom. The highest BCUT2D eigenvalue weighted by Gasteiger charge is 2.14. The number of hydrogen-bond acceptors (Lipinski definition) is 3. The number of aliphatic hydroxyl groups is 1. The van der Waals surface area contributed by atoms with Crippen LogP contribution in [0.4, 0.5) is 0 Å². The number of allylic oxidation sites excluding steroid dienone is 1. The van der Waals surface area contributed by atoms with Crippen LogP contribution in [0.15, 0.2) is 11.8 Å². The SMILES string of the molecule is CN1C=C(C=O)CC[C@@H]1O. The van der Waals surface area contributed by atoms with Crippen LogP contribution >= 0.6 is 0 Å². The highest BCUT2D eigenvalue weighted by Crippen LogP contribution is 2.15. The largest absolute Gasteiger partial charge is 0.374 e. The molecule has 3 heteroatoms. The molecule has 0 aromatic carbocycles. The van der Waals surface area contributed by atoms with Crippen molar-refractivity contribution in [2.45, 2.75) is 19.1 Å². The Morgan fingerprint density at radius 3 is 3.10 bits per heavy atom. The maximum atomic E-state index is 10.2. The van der Waals surface area contributed by atoms with E-state index in [4.69, 9.17) is 5.11 Å². The highest BCUT2D eigenvalue weighted by atomic mass is 16.3. The molecule has 56 valence electrons. The number of nitrogens with zero attached hydrogens (tertiary/aromatic N) is 1. The first kappa shape index (κ1) is 7.28. The van der Waals surface area contributed by atoms with Gasteiger partial charge in [-0.1, -0.05) is 0 Å². The smallest absolute Gasteiger partial charge is 0.147 e. The summed E-state index contributed by atoms with van der Waals surface area (Å²) in [7, 11) is 1.76. The summed E-state index contributed by atoms with van der Waals surface area (Å²) in [6.45, 7) is 0. The van der Waals surface area contributed by atoms with Crippen LogP contribution in [0.3, 0.4) is 0 Å². The molecule has 0 amide bonds. The Labute approximate surface area is 59.9 Å². The Bertz CT molecular complexity index is 165. The average molecular weight is 141 g/mol. The summed E-state index contributed by atoms with van der Waals surface area (Å²) in [5.41, 5.74) is 0.757. The molecule has 10 heavy (non-hydrogen) atoms. The van der Waals surface area contributed by atoms with Crippen molar-refractivity contribution >= 4 is 6.29 Å². The van der Waals surface area contributed by atoms with Gasteiger partial charge in [-0.05, 0) is 12.8 Å². The van der Waals surface area contributed by atoms with Gasteiger partial charge in [0.25, 0.3) is 0 Å². The molecular weight excluding hydrogens is 130 g/mol. The molecule has 3 nitrogen and oxygen atoms in total. The van der Waals surface area contributed by atoms with Gasteiger partial charge in [0.15, 0.2) is 0 Å². The van der Waals surface area contributed by atoms with Crippen molar-refractivity contribution < 1.29 is 9.90 Å². The van der Waals surface area contributed by atoms with E-state index < -0.39 is 6.23 Å². The minimum Gasteiger partial charge on any atom is -0.374 e. The molecule has 0 fully saturated rings. The van der Waals surface area contributed by atoms with E-state index in [1.807, 2.05) is 0 Å². The van der Waals surface area contributed by atoms with Gasteiger partial charge >= 0.3 is 0 Å². The van der Waals surface area contributed by atoms with Crippen molar-refractivity contribution in [1.82, 2.24) is 4.90 Å². The van der Waals surface area contributed by atoms with Gasteiger partial charge in [-0.3, -0.25) is 4.79 Å². The molecule has 0 bridgehead atoms. The normalized spacial score (nSPS) is 26.0. The zero-order valence-corrected chi connectivity index (χ0v) is 5.95. The molecule has 0 saturated heterocycles. The summed E-state index contributed by atoms with van der Waals surface area (Å²) in [5.74, 6) is 0. The van der Waals surface area contributed by atoms with Crippen LogP contribution in [0, 0.1) is 0 Å². The molecule has 0 unspecified atom stereocenters. The fourth-order valence-corrected chi connectivity index (χ4v) is 1.00. The number of aldehydes is 1. The lowest BCUT2D eigenvalue weighted by Crippen LogP contribution is -2.30. The lowest BCUT2D eigenvalue weighted by molar-refractivity contribution is -0.105. The molecular formula is C7H11NO2. The van der Waals surface area contributed by atoms with Crippen LogP contribution in [0.2, 0.25) is 0 Å². The second kappa shape index (κ2) is 2.84. The van der Waals surface area contributed by atoms with Crippen LogP contribution < -0.4 is 0 Å². The van der Waals surface area contributed by atoms with E-state index in [9.17, 15) is 4.79 Å². The molecule has 1 aliphatic rings. The minimum absolute atomic E-state index is 0.413. The molecule has 0 aromatic heterocycles.